The van der Waals surface area contributed by atoms with Crippen LogP contribution in [0.2, 0.25) is 0 Å². The first-order chi connectivity index (χ1) is 13.2. The smallest absolute Gasteiger partial charge is 0.236 e. The molecule has 8 heteroatoms. The van der Waals surface area contributed by atoms with E-state index in [1.165, 1.54) is 0 Å². The molecule has 1 aromatic heterocycles. The minimum atomic E-state index is 0.127. The number of hydrogen-bond donors (Lipinski definition) is 1. The zero-order chi connectivity index (χ0) is 18.6. The first kappa shape index (κ1) is 17.2. The molecule has 1 N–H and O–H groups in total. The highest BCUT2D eigenvalue weighted by molar-refractivity contribution is 9.10. The Labute approximate surface area is 163 Å². The lowest BCUT2D eigenvalue weighted by Crippen LogP contribution is -2.00. The summed E-state index contributed by atoms with van der Waals surface area (Å²) in [6, 6.07) is 15.1. The highest BCUT2D eigenvalue weighted by atomic mass is 79.9. The molecule has 7 nitrogen and oxygen atoms in total. The number of anilines is 1. The second-order valence-electron chi connectivity index (χ2n) is 5.68. The second kappa shape index (κ2) is 7.60. The van der Waals surface area contributed by atoms with Crippen molar-refractivity contribution in [1.82, 2.24) is 4.98 Å². The molecular weight excluding hydrogens is 414 g/mol. The van der Waals surface area contributed by atoms with E-state index < -0.39 is 0 Å². The molecule has 0 radical (unpaired) electrons. The van der Waals surface area contributed by atoms with Gasteiger partial charge in [0.2, 0.25) is 24.3 Å². The zero-order valence-corrected chi connectivity index (χ0v) is 15.7. The van der Waals surface area contributed by atoms with Crippen molar-refractivity contribution >= 4 is 21.8 Å². The van der Waals surface area contributed by atoms with E-state index in [4.69, 9.17) is 18.6 Å². The van der Waals surface area contributed by atoms with Crippen molar-refractivity contribution < 1.29 is 18.6 Å². The topological polar surface area (TPSA) is 89.5 Å². The number of oxazole rings is 1. The van der Waals surface area contributed by atoms with Gasteiger partial charge in [0.25, 0.3) is 0 Å². The molecule has 0 amide bonds. The van der Waals surface area contributed by atoms with Gasteiger partial charge in [0.05, 0.1) is 0 Å². The van der Waals surface area contributed by atoms with E-state index in [1.54, 1.807) is 0 Å². The number of benzene rings is 2. The fraction of sp³-hybridized carbons (Fsp3) is 0.158. The quantitative estimate of drug-likeness (QED) is 0.629. The van der Waals surface area contributed by atoms with Crippen LogP contribution in [-0.4, -0.2) is 11.8 Å². The van der Waals surface area contributed by atoms with E-state index in [0.29, 0.717) is 29.8 Å². The molecule has 0 saturated carbocycles. The molecule has 3 aromatic rings. The van der Waals surface area contributed by atoms with Crippen LogP contribution >= 0.6 is 15.9 Å². The van der Waals surface area contributed by atoms with E-state index in [9.17, 15) is 5.26 Å². The molecule has 1 aliphatic heterocycles. The lowest BCUT2D eigenvalue weighted by atomic mass is 10.2. The monoisotopic (exact) mass is 427 g/mol. The van der Waals surface area contributed by atoms with Gasteiger partial charge in [0.1, 0.15) is 11.8 Å². The Morgan fingerprint density at radius 3 is 2.78 bits per heavy atom. The van der Waals surface area contributed by atoms with Crippen molar-refractivity contribution in [2.45, 2.75) is 13.2 Å². The predicted molar refractivity (Wildman–Crippen MR) is 99.6 cm³/mol. The molecular formula is C19H14BrN3O4. The Balaban J connectivity index is 1.40. The highest BCUT2D eigenvalue weighted by Crippen LogP contribution is 2.32. The van der Waals surface area contributed by atoms with Gasteiger partial charge in [-0.3, -0.25) is 0 Å². The minimum Gasteiger partial charge on any atom is -0.484 e. The summed E-state index contributed by atoms with van der Waals surface area (Å²) in [5, 5.41) is 12.4. The Hall–Kier alpha value is -3.18. The number of hydrogen-bond acceptors (Lipinski definition) is 7. The van der Waals surface area contributed by atoms with Crippen LogP contribution < -0.4 is 19.5 Å². The Kier molecular flexibility index (Phi) is 4.85. The third-order valence-corrected chi connectivity index (χ3v) is 4.37. The molecule has 0 fully saturated rings. The van der Waals surface area contributed by atoms with E-state index in [-0.39, 0.29) is 19.1 Å². The summed E-state index contributed by atoms with van der Waals surface area (Å²) in [5.41, 5.74) is 1.15. The average Bonchev–Trinajstić information content (AvgIpc) is 3.31. The van der Waals surface area contributed by atoms with Gasteiger partial charge in [-0.05, 0) is 42.0 Å². The molecule has 0 saturated heterocycles. The van der Waals surface area contributed by atoms with Crippen LogP contribution in [-0.2, 0) is 13.2 Å². The lowest BCUT2D eigenvalue weighted by molar-refractivity contribution is 0.174. The third-order valence-electron chi connectivity index (χ3n) is 3.84. The van der Waals surface area contributed by atoms with Crippen molar-refractivity contribution in [3.8, 4) is 23.3 Å². The van der Waals surface area contributed by atoms with Crippen LogP contribution in [0.25, 0.3) is 0 Å². The maximum atomic E-state index is 9.28. The van der Waals surface area contributed by atoms with Crippen molar-refractivity contribution in [1.29, 1.82) is 5.26 Å². The number of fused-ring (bicyclic) bond motifs is 1. The number of nitriles is 1. The maximum absolute atomic E-state index is 9.28. The van der Waals surface area contributed by atoms with Crippen LogP contribution in [0.3, 0.4) is 0 Å². The molecule has 1 aliphatic rings. The highest BCUT2D eigenvalue weighted by Gasteiger charge is 2.16. The van der Waals surface area contributed by atoms with Gasteiger partial charge in [-0.2, -0.15) is 10.2 Å². The second-order valence-corrected chi connectivity index (χ2v) is 6.60. The van der Waals surface area contributed by atoms with Gasteiger partial charge < -0.3 is 23.9 Å². The summed E-state index contributed by atoms with van der Waals surface area (Å²) in [4.78, 5) is 4.16. The molecule has 0 bridgehead atoms. The normalized spacial score (nSPS) is 11.9. The van der Waals surface area contributed by atoms with Gasteiger partial charge >= 0.3 is 0 Å². The summed E-state index contributed by atoms with van der Waals surface area (Å²) < 4.78 is 22.9. The van der Waals surface area contributed by atoms with E-state index >= 15 is 0 Å². The van der Waals surface area contributed by atoms with Gasteiger partial charge in [-0.25, -0.2) is 0 Å². The first-order valence-electron chi connectivity index (χ1n) is 8.12. The van der Waals surface area contributed by atoms with Crippen molar-refractivity contribution in [2.75, 3.05) is 12.1 Å². The number of rotatable bonds is 6. The van der Waals surface area contributed by atoms with Gasteiger partial charge in [-0.1, -0.05) is 22.0 Å². The number of aromatic nitrogens is 1. The van der Waals surface area contributed by atoms with Crippen LogP contribution in [0.4, 0.5) is 5.88 Å². The average molecular weight is 428 g/mol. The Bertz CT molecular complexity index is 995. The summed E-state index contributed by atoms with van der Waals surface area (Å²) in [6.45, 7) is 0.810. The molecule has 0 unspecified atom stereocenters. The van der Waals surface area contributed by atoms with E-state index in [2.05, 4.69) is 26.2 Å². The fourth-order valence-corrected chi connectivity index (χ4v) is 2.80. The number of halogens is 1. The summed E-state index contributed by atoms with van der Waals surface area (Å²) >= 11 is 3.37. The molecule has 2 heterocycles. The largest absolute Gasteiger partial charge is 0.484 e. The summed E-state index contributed by atoms with van der Waals surface area (Å²) in [5.74, 6) is 2.75. The van der Waals surface area contributed by atoms with Crippen LogP contribution in [0.1, 0.15) is 17.1 Å². The Morgan fingerprint density at radius 1 is 1.15 bits per heavy atom. The van der Waals surface area contributed by atoms with Crippen molar-refractivity contribution in [3.05, 3.63) is 64.1 Å². The van der Waals surface area contributed by atoms with E-state index in [0.717, 1.165) is 15.8 Å². The SMILES string of the molecule is N#Cc1nc(COc2ccc(Br)cc2)oc1NCc1ccc2c(c1)OCO2. The van der Waals surface area contributed by atoms with E-state index in [1.807, 2.05) is 48.5 Å². The fourth-order valence-electron chi connectivity index (χ4n) is 2.53. The molecule has 136 valence electrons. The van der Waals surface area contributed by atoms with Crippen LogP contribution in [0.5, 0.6) is 17.2 Å². The summed E-state index contributed by atoms with van der Waals surface area (Å²) in [7, 11) is 0. The molecule has 27 heavy (non-hydrogen) atoms. The standard InChI is InChI=1S/C19H14BrN3O4/c20-13-2-4-14(5-3-13)24-10-18-23-15(8-21)19(27-18)22-9-12-1-6-16-17(7-12)26-11-25-16/h1-7,22H,9-11H2. The maximum Gasteiger partial charge on any atom is 0.236 e. The Morgan fingerprint density at radius 2 is 1.96 bits per heavy atom. The summed E-state index contributed by atoms with van der Waals surface area (Å²) in [6.07, 6.45) is 0. The van der Waals surface area contributed by atoms with Gasteiger partial charge in [-0.15, -0.1) is 0 Å². The van der Waals surface area contributed by atoms with Crippen LogP contribution in [0, 0.1) is 11.3 Å². The number of nitrogens with one attached hydrogen (secondary N) is 1. The molecule has 2 aromatic carbocycles. The number of nitrogens with zero attached hydrogens (tertiary/aromatic N) is 2. The van der Waals surface area contributed by atoms with Crippen molar-refractivity contribution in [2.24, 2.45) is 0 Å². The van der Waals surface area contributed by atoms with Gasteiger partial charge in [0, 0.05) is 11.0 Å². The predicted octanol–water partition coefficient (Wildman–Crippen LogP) is 4.23. The van der Waals surface area contributed by atoms with Gasteiger partial charge in [0.15, 0.2) is 18.1 Å². The lowest BCUT2D eigenvalue weighted by Gasteiger charge is -2.05. The first-order valence-corrected chi connectivity index (χ1v) is 8.91. The molecule has 0 atom stereocenters. The van der Waals surface area contributed by atoms with Crippen molar-refractivity contribution in [3.63, 3.8) is 0 Å². The molecule has 0 spiro atoms. The third kappa shape index (κ3) is 3.99. The molecule has 0 aliphatic carbocycles. The number of ether oxygens (including phenoxy) is 3. The zero-order valence-electron chi connectivity index (χ0n) is 14.1. The van der Waals surface area contributed by atoms with Crippen LogP contribution in [0.15, 0.2) is 51.4 Å². The minimum absolute atomic E-state index is 0.127. The molecule has 4 rings (SSSR count).